The molecule has 0 aliphatic carbocycles. The Morgan fingerprint density at radius 1 is 0.791 bits per heavy atom. The first kappa shape index (κ1) is 37.6. The van der Waals surface area contributed by atoms with E-state index in [4.69, 9.17) is 5.11 Å². The number of amides is 6. The average Bonchev–Trinajstić information content (AvgIpc) is 3.53. The third-order valence-corrected chi connectivity index (χ3v) is 7.76. The summed E-state index contributed by atoms with van der Waals surface area (Å²) in [6.45, 7) is 8.40. The second-order valence-corrected chi connectivity index (χ2v) is 11.1. The zero-order valence-corrected chi connectivity index (χ0v) is 26.3. The van der Waals surface area contributed by atoms with Gasteiger partial charge in [-0.25, -0.2) is 4.79 Å². The number of carbonyl (C=O) groups excluding carboxylic acids is 6. The van der Waals surface area contributed by atoms with E-state index >= 15 is 0 Å². The Morgan fingerprint density at radius 2 is 1.33 bits per heavy atom. The molecule has 0 spiro atoms. The van der Waals surface area contributed by atoms with Crippen molar-refractivity contribution in [3.63, 3.8) is 0 Å². The molecule has 15 nitrogen and oxygen atoms in total. The lowest BCUT2D eigenvalue weighted by Gasteiger charge is -2.25. The maximum atomic E-state index is 12.8. The highest BCUT2D eigenvalue weighted by atomic mass is 32.1. The number of thiol groups is 1. The Labute approximate surface area is 257 Å². The van der Waals surface area contributed by atoms with E-state index in [1.165, 1.54) is 6.92 Å². The van der Waals surface area contributed by atoms with Crippen molar-refractivity contribution in [1.82, 2.24) is 37.2 Å². The molecule has 1 heterocycles. The minimum atomic E-state index is -1.26. The molecule has 0 unspecified atom stereocenters. The summed E-state index contributed by atoms with van der Waals surface area (Å²) in [5.74, 6) is -5.44. The molecule has 16 heteroatoms. The minimum Gasteiger partial charge on any atom is -0.480 e. The monoisotopic (exact) mass is 629 g/mol. The van der Waals surface area contributed by atoms with Crippen molar-refractivity contribution in [2.24, 2.45) is 11.8 Å². The highest BCUT2D eigenvalue weighted by molar-refractivity contribution is 7.80. The summed E-state index contributed by atoms with van der Waals surface area (Å²) < 4.78 is 0. The molecule has 0 aromatic carbocycles. The molecule has 1 aliphatic rings. The zero-order chi connectivity index (χ0) is 32.7. The molecule has 0 aromatic rings. The van der Waals surface area contributed by atoms with Gasteiger partial charge in [0.05, 0.1) is 19.1 Å². The van der Waals surface area contributed by atoms with E-state index in [0.29, 0.717) is 19.3 Å². The van der Waals surface area contributed by atoms with Gasteiger partial charge in [-0.15, -0.1) is 0 Å². The van der Waals surface area contributed by atoms with Crippen LogP contribution in [0, 0.1) is 11.8 Å². The van der Waals surface area contributed by atoms with Crippen molar-refractivity contribution in [2.75, 3.05) is 25.4 Å². The number of aliphatic carboxylic acids is 1. The van der Waals surface area contributed by atoms with Crippen molar-refractivity contribution in [3.05, 3.63) is 0 Å². The summed E-state index contributed by atoms with van der Waals surface area (Å²) in [7, 11) is 0. The van der Waals surface area contributed by atoms with Crippen LogP contribution in [0.2, 0.25) is 0 Å². The van der Waals surface area contributed by atoms with Gasteiger partial charge in [0.1, 0.15) is 24.2 Å². The fraction of sp³-hybridized carbons (Fsp3) is 0.741. The Hall–Kier alpha value is -3.40. The van der Waals surface area contributed by atoms with Gasteiger partial charge in [-0.05, 0) is 38.1 Å². The highest BCUT2D eigenvalue weighted by Crippen LogP contribution is 2.11. The molecule has 1 fully saturated rings. The molecule has 43 heavy (non-hydrogen) atoms. The maximum Gasteiger partial charge on any atom is 0.327 e. The number of hydrogen-bond acceptors (Lipinski definition) is 9. The van der Waals surface area contributed by atoms with E-state index in [1.54, 1.807) is 13.8 Å². The maximum absolute atomic E-state index is 12.8. The SMILES string of the molecule is CC[C@H](C)[C@H](NC(=O)CNC(=O)[C@H](C)NC(=O)CNC(=O)[C@@H](NC(=O)[C@@H]1CCCN1)[C@@H](C)CC)C(=O)N[C@@H](CS)C(=O)O. The van der Waals surface area contributed by atoms with Crippen LogP contribution in [0.25, 0.3) is 0 Å². The van der Waals surface area contributed by atoms with Gasteiger partial charge in [-0.2, -0.15) is 12.6 Å². The first-order chi connectivity index (χ1) is 20.2. The molecule has 0 radical (unpaired) electrons. The minimum absolute atomic E-state index is 0.140. The molecule has 244 valence electrons. The second kappa shape index (κ2) is 19.0. The van der Waals surface area contributed by atoms with Gasteiger partial charge >= 0.3 is 5.97 Å². The van der Waals surface area contributed by atoms with Crippen LogP contribution in [0.15, 0.2) is 0 Å². The van der Waals surface area contributed by atoms with Gasteiger partial charge in [-0.1, -0.05) is 40.5 Å². The molecule has 1 saturated heterocycles. The third kappa shape index (κ3) is 12.8. The number of rotatable bonds is 18. The summed E-state index contributed by atoms with van der Waals surface area (Å²) in [6.07, 6.45) is 2.68. The predicted molar refractivity (Wildman–Crippen MR) is 161 cm³/mol. The van der Waals surface area contributed by atoms with Crippen molar-refractivity contribution in [3.8, 4) is 0 Å². The van der Waals surface area contributed by atoms with Crippen LogP contribution in [0.1, 0.15) is 60.3 Å². The first-order valence-electron chi connectivity index (χ1n) is 14.6. The molecule has 0 bridgehead atoms. The largest absolute Gasteiger partial charge is 0.480 e. The van der Waals surface area contributed by atoms with Crippen LogP contribution in [-0.4, -0.2) is 102 Å². The van der Waals surface area contributed by atoms with Crippen LogP contribution in [-0.2, 0) is 33.6 Å². The summed E-state index contributed by atoms with van der Waals surface area (Å²) in [5.41, 5.74) is 0. The Kier molecular flexibility index (Phi) is 16.6. The normalized spacial score (nSPS) is 18.5. The molecule has 0 saturated carbocycles. The van der Waals surface area contributed by atoms with Crippen LogP contribution < -0.4 is 37.2 Å². The number of carboxylic acid groups (broad SMARTS) is 1. The van der Waals surface area contributed by atoms with E-state index in [9.17, 15) is 33.6 Å². The van der Waals surface area contributed by atoms with Gasteiger partial charge in [0.2, 0.25) is 35.4 Å². The van der Waals surface area contributed by atoms with Gasteiger partial charge in [0, 0.05) is 5.75 Å². The number of nitrogens with one attached hydrogen (secondary N) is 7. The average molecular weight is 630 g/mol. The standard InChI is InChI=1S/C27H47N7O8S/c1-6-14(3)21(34-24(38)17-9-8-10-28-17)25(39)30-11-19(35)31-16(5)23(37)29-12-20(36)33-22(15(4)7-2)26(40)32-18(13-43)27(41)42/h14-18,21-22,28,43H,6-13H2,1-5H3,(H,29,37)(H,30,39)(H,31,35)(H,32,40)(H,33,36)(H,34,38)(H,41,42)/t14-,15-,16-,17-,18-,21-,22-/m0/s1. The topological polar surface area (TPSA) is 224 Å². The fourth-order valence-corrected chi connectivity index (χ4v) is 4.44. The van der Waals surface area contributed by atoms with Gasteiger partial charge in [0.15, 0.2) is 0 Å². The molecular weight excluding hydrogens is 582 g/mol. The highest BCUT2D eigenvalue weighted by Gasteiger charge is 2.31. The Morgan fingerprint density at radius 3 is 1.81 bits per heavy atom. The van der Waals surface area contributed by atoms with E-state index in [1.807, 2.05) is 13.8 Å². The van der Waals surface area contributed by atoms with Gasteiger partial charge in [0.25, 0.3) is 0 Å². The molecule has 7 atom stereocenters. The zero-order valence-electron chi connectivity index (χ0n) is 25.5. The second-order valence-electron chi connectivity index (χ2n) is 10.8. The van der Waals surface area contributed by atoms with Crippen LogP contribution in [0.4, 0.5) is 0 Å². The van der Waals surface area contributed by atoms with Gasteiger partial charge < -0.3 is 42.3 Å². The van der Waals surface area contributed by atoms with Crippen molar-refractivity contribution >= 4 is 54.0 Å². The fourth-order valence-electron chi connectivity index (χ4n) is 4.19. The summed E-state index contributed by atoms with van der Waals surface area (Å²) >= 11 is 3.91. The molecule has 0 aromatic heterocycles. The quantitative estimate of drug-likeness (QED) is 0.0767. The van der Waals surface area contributed by atoms with Crippen LogP contribution in [0.5, 0.6) is 0 Å². The van der Waals surface area contributed by atoms with E-state index in [0.717, 1.165) is 13.0 Å². The first-order valence-corrected chi connectivity index (χ1v) is 15.2. The summed E-state index contributed by atoms with van der Waals surface area (Å²) in [6, 6.07) is -4.53. The van der Waals surface area contributed by atoms with Crippen molar-refractivity contribution in [1.29, 1.82) is 0 Å². The molecular formula is C27H47N7O8S. The molecule has 1 aliphatic heterocycles. The lowest BCUT2D eigenvalue weighted by atomic mass is 9.97. The van der Waals surface area contributed by atoms with Crippen molar-refractivity contribution in [2.45, 2.75) is 90.5 Å². The van der Waals surface area contributed by atoms with E-state index < -0.39 is 72.8 Å². The van der Waals surface area contributed by atoms with E-state index in [-0.39, 0.29) is 29.5 Å². The van der Waals surface area contributed by atoms with Crippen molar-refractivity contribution < 1.29 is 38.7 Å². The lowest BCUT2D eigenvalue weighted by Crippen LogP contribution is -2.56. The third-order valence-electron chi connectivity index (χ3n) is 7.40. The lowest BCUT2D eigenvalue weighted by molar-refractivity contribution is -0.141. The predicted octanol–water partition coefficient (Wildman–Crippen LogP) is -1.96. The molecule has 1 rings (SSSR count). The van der Waals surface area contributed by atoms with Gasteiger partial charge in [-0.3, -0.25) is 28.8 Å². The molecule has 8 N–H and O–H groups in total. The van der Waals surface area contributed by atoms with E-state index in [2.05, 4.69) is 49.8 Å². The number of carboxylic acids is 1. The number of hydrogen-bond donors (Lipinski definition) is 9. The Balaban J connectivity index is 2.59. The smallest absolute Gasteiger partial charge is 0.327 e. The van der Waals surface area contributed by atoms with Crippen LogP contribution in [0.3, 0.4) is 0 Å². The number of carbonyl (C=O) groups is 7. The summed E-state index contributed by atoms with van der Waals surface area (Å²) in [4.78, 5) is 86.5. The van der Waals surface area contributed by atoms with Crippen LogP contribution >= 0.6 is 12.6 Å². The Bertz CT molecular complexity index is 1010. The molecule has 6 amide bonds. The summed E-state index contributed by atoms with van der Waals surface area (Å²) in [5, 5.41) is 27.1.